The van der Waals surface area contributed by atoms with E-state index in [-0.39, 0.29) is 11.3 Å². The van der Waals surface area contributed by atoms with Crippen molar-refractivity contribution >= 4 is 17.4 Å². The van der Waals surface area contributed by atoms with Gasteiger partial charge in [-0.1, -0.05) is 30.3 Å². The lowest BCUT2D eigenvalue weighted by Crippen LogP contribution is -2.31. The number of methoxy groups -OCH3 is 1. The molecule has 0 aliphatic carbocycles. The van der Waals surface area contributed by atoms with Crippen molar-refractivity contribution in [3.8, 4) is 5.75 Å². The summed E-state index contributed by atoms with van der Waals surface area (Å²) in [6, 6.07) is 19.0. The van der Waals surface area contributed by atoms with Gasteiger partial charge in [0.25, 0.3) is 11.7 Å². The Kier molecular flexibility index (Phi) is 5.39. The smallest absolute Gasteiger partial charge is 0.295 e. The highest BCUT2D eigenvalue weighted by Gasteiger charge is 2.47. The lowest BCUT2D eigenvalue weighted by molar-refractivity contribution is -0.140. The molecule has 6 heteroatoms. The number of hydrogen-bond donors (Lipinski definition) is 1. The Labute approximate surface area is 174 Å². The highest BCUT2D eigenvalue weighted by Crippen LogP contribution is 2.39. The monoisotopic (exact) mass is 403 g/mol. The van der Waals surface area contributed by atoms with E-state index in [1.54, 1.807) is 43.5 Å². The largest absolute Gasteiger partial charge is 0.507 e. The molecule has 1 amide bonds. The highest BCUT2D eigenvalue weighted by atomic mass is 16.5. The van der Waals surface area contributed by atoms with Gasteiger partial charge < -0.3 is 19.2 Å². The van der Waals surface area contributed by atoms with Crippen molar-refractivity contribution in [3.05, 3.63) is 95.5 Å². The van der Waals surface area contributed by atoms with Crippen LogP contribution in [0.1, 0.15) is 22.9 Å². The van der Waals surface area contributed by atoms with Crippen LogP contribution in [0.5, 0.6) is 5.75 Å². The van der Waals surface area contributed by atoms with Crippen molar-refractivity contribution < 1.29 is 23.8 Å². The number of carbonyl (C=O) groups excluding carboxylic acids is 2. The number of hydrogen-bond acceptors (Lipinski definition) is 5. The molecule has 2 aromatic carbocycles. The average molecular weight is 403 g/mol. The zero-order chi connectivity index (χ0) is 21.1. The predicted molar refractivity (Wildman–Crippen MR) is 111 cm³/mol. The molecule has 30 heavy (non-hydrogen) atoms. The molecule has 1 aliphatic rings. The van der Waals surface area contributed by atoms with E-state index in [2.05, 4.69) is 0 Å². The van der Waals surface area contributed by atoms with Gasteiger partial charge >= 0.3 is 0 Å². The number of rotatable bonds is 6. The summed E-state index contributed by atoms with van der Waals surface area (Å²) in [6.45, 7) is 0.319. The van der Waals surface area contributed by atoms with Crippen LogP contribution in [0, 0.1) is 0 Å². The quantitative estimate of drug-likeness (QED) is 0.383. The minimum absolute atomic E-state index is 0.0215. The number of amides is 1. The van der Waals surface area contributed by atoms with Crippen molar-refractivity contribution in [2.75, 3.05) is 13.7 Å². The van der Waals surface area contributed by atoms with Crippen molar-refractivity contribution in [2.24, 2.45) is 0 Å². The normalized spacial score (nSPS) is 18.0. The molecule has 1 aliphatic heterocycles. The van der Waals surface area contributed by atoms with Crippen LogP contribution in [-0.4, -0.2) is 35.4 Å². The Morgan fingerprint density at radius 1 is 1.03 bits per heavy atom. The molecule has 0 radical (unpaired) electrons. The molecule has 1 fully saturated rings. The molecule has 2 heterocycles. The number of Topliss-reactive ketones (excluding diaryl/α,β-unsaturated/α-hetero) is 1. The third-order valence-electron chi connectivity index (χ3n) is 5.20. The Hall–Kier alpha value is -3.80. The van der Waals surface area contributed by atoms with Gasteiger partial charge in [0.15, 0.2) is 0 Å². The van der Waals surface area contributed by atoms with Gasteiger partial charge in [0.1, 0.15) is 23.3 Å². The zero-order valence-electron chi connectivity index (χ0n) is 16.4. The fourth-order valence-electron chi connectivity index (χ4n) is 3.65. The molecule has 1 N–H and O–H groups in total. The minimum Gasteiger partial charge on any atom is -0.507 e. The standard InChI is InChI=1S/C24H21NO5/c1-29-18-11-9-17(10-12-18)22(26)20-21(19-8-5-15-30-19)25(24(28)23(20)27)14-13-16-6-3-2-4-7-16/h2-12,15,21,26H,13-14H2,1H3. The molecule has 0 saturated carbocycles. The van der Waals surface area contributed by atoms with Crippen LogP contribution in [-0.2, 0) is 16.0 Å². The molecule has 1 saturated heterocycles. The van der Waals surface area contributed by atoms with Gasteiger partial charge in [-0.25, -0.2) is 0 Å². The van der Waals surface area contributed by atoms with E-state index in [4.69, 9.17) is 9.15 Å². The Bertz CT molecular complexity index is 1070. The molecule has 0 spiro atoms. The van der Waals surface area contributed by atoms with Crippen molar-refractivity contribution in [3.63, 3.8) is 0 Å². The maximum Gasteiger partial charge on any atom is 0.295 e. The molecule has 3 aromatic rings. The molecular formula is C24H21NO5. The van der Waals surface area contributed by atoms with Crippen molar-refractivity contribution in [1.29, 1.82) is 0 Å². The van der Waals surface area contributed by atoms with Crippen LogP contribution in [0.2, 0.25) is 0 Å². The average Bonchev–Trinajstić information content (AvgIpc) is 3.40. The summed E-state index contributed by atoms with van der Waals surface area (Å²) in [5.41, 5.74) is 1.49. The molecular weight excluding hydrogens is 382 g/mol. The second-order valence-corrected chi connectivity index (χ2v) is 6.97. The van der Waals surface area contributed by atoms with Crippen LogP contribution in [0.25, 0.3) is 5.76 Å². The van der Waals surface area contributed by atoms with E-state index in [0.717, 1.165) is 5.56 Å². The lowest BCUT2D eigenvalue weighted by atomic mass is 9.99. The Morgan fingerprint density at radius 2 is 1.77 bits per heavy atom. The number of aliphatic hydroxyl groups is 1. The number of ketones is 1. The SMILES string of the molecule is COc1ccc(C(O)=C2C(=O)C(=O)N(CCc3ccccc3)C2c2ccco2)cc1. The first kappa shape index (κ1) is 19.5. The first-order valence-corrected chi connectivity index (χ1v) is 9.60. The topological polar surface area (TPSA) is 80.0 Å². The van der Waals surface area contributed by atoms with Crippen molar-refractivity contribution in [1.82, 2.24) is 4.90 Å². The number of aliphatic hydroxyl groups excluding tert-OH is 1. The van der Waals surface area contributed by atoms with Crippen molar-refractivity contribution in [2.45, 2.75) is 12.5 Å². The summed E-state index contributed by atoms with van der Waals surface area (Å²) in [5.74, 6) is -0.561. The fraction of sp³-hybridized carbons (Fsp3) is 0.167. The number of benzene rings is 2. The third-order valence-corrected chi connectivity index (χ3v) is 5.20. The van der Waals surface area contributed by atoms with Gasteiger partial charge in [0, 0.05) is 12.1 Å². The molecule has 0 bridgehead atoms. The maximum absolute atomic E-state index is 12.9. The van der Waals surface area contributed by atoms with Crippen LogP contribution in [0.4, 0.5) is 0 Å². The van der Waals surface area contributed by atoms with Gasteiger partial charge in [0.05, 0.1) is 18.9 Å². The summed E-state index contributed by atoms with van der Waals surface area (Å²) in [5, 5.41) is 10.9. The second-order valence-electron chi connectivity index (χ2n) is 6.97. The molecule has 4 rings (SSSR count). The summed E-state index contributed by atoms with van der Waals surface area (Å²) in [6.07, 6.45) is 2.06. The molecule has 1 aromatic heterocycles. The summed E-state index contributed by atoms with van der Waals surface area (Å²) in [7, 11) is 1.55. The van der Waals surface area contributed by atoms with E-state index >= 15 is 0 Å². The van der Waals surface area contributed by atoms with E-state index < -0.39 is 17.7 Å². The maximum atomic E-state index is 12.9. The van der Waals surface area contributed by atoms with Gasteiger partial charge in [-0.05, 0) is 48.4 Å². The van der Waals surface area contributed by atoms with Crippen LogP contribution >= 0.6 is 0 Å². The van der Waals surface area contributed by atoms with Crippen LogP contribution in [0.3, 0.4) is 0 Å². The fourth-order valence-corrected chi connectivity index (χ4v) is 3.65. The Balaban J connectivity index is 1.73. The first-order chi connectivity index (χ1) is 14.6. The summed E-state index contributed by atoms with van der Waals surface area (Å²) in [4.78, 5) is 27.2. The number of carbonyl (C=O) groups is 2. The van der Waals surface area contributed by atoms with Gasteiger partial charge in [-0.2, -0.15) is 0 Å². The lowest BCUT2D eigenvalue weighted by Gasteiger charge is -2.23. The van der Waals surface area contributed by atoms with Crippen LogP contribution in [0.15, 0.2) is 83.0 Å². The zero-order valence-corrected chi connectivity index (χ0v) is 16.4. The predicted octanol–water partition coefficient (Wildman–Crippen LogP) is 3.95. The van der Waals surface area contributed by atoms with Gasteiger partial charge in [-0.15, -0.1) is 0 Å². The van der Waals surface area contributed by atoms with Crippen LogP contribution < -0.4 is 4.74 Å². The van der Waals surface area contributed by atoms with E-state index in [1.807, 2.05) is 30.3 Å². The third kappa shape index (κ3) is 3.59. The number of likely N-dealkylation sites (tertiary alicyclic amines) is 1. The molecule has 6 nitrogen and oxygen atoms in total. The number of nitrogens with zero attached hydrogens (tertiary/aromatic N) is 1. The Morgan fingerprint density at radius 3 is 2.40 bits per heavy atom. The first-order valence-electron chi connectivity index (χ1n) is 9.60. The van der Waals surface area contributed by atoms with Gasteiger partial charge in [0.2, 0.25) is 0 Å². The summed E-state index contributed by atoms with van der Waals surface area (Å²) >= 11 is 0. The van der Waals surface area contributed by atoms with E-state index in [0.29, 0.717) is 30.0 Å². The second kappa shape index (κ2) is 8.29. The van der Waals surface area contributed by atoms with E-state index in [1.165, 1.54) is 11.2 Å². The highest BCUT2D eigenvalue weighted by molar-refractivity contribution is 6.46. The van der Waals surface area contributed by atoms with E-state index in [9.17, 15) is 14.7 Å². The minimum atomic E-state index is -0.786. The molecule has 1 unspecified atom stereocenters. The number of furan rings is 1. The molecule has 152 valence electrons. The molecule has 1 atom stereocenters. The van der Waals surface area contributed by atoms with Gasteiger partial charge in [-0.3, -0.25) is 9.59 Å². The number of ether oxygens (including phenoxy) is 1. The summed E-state index contributed by atoms with van der Waals surface area (Å²) < 4.78 is 10.7.